The second kappa shape index (κ2) is 5.61. The van der Waals surface area contributed by atoms with Crippen LogP contribution in [0, 0.1) is 5.92 Å². The molecular formula is C15H18N2O3S. The summed E-state index contributed by atoms with van der Waals surface area (Å²) in [6.45, 7) is 2.65. The van der Waals surface area contributed by atoms with Gasteiger partial charge in [-0.3, -0.25) is 4.98 Å². The summed E-state index contributed by atoms with van der Waals surface area (Å²) in [5.41, 5.74) is 0. The Bertz CT molecular complexity index is 683. The molecule has 0 bridgehead atoms. The highest BCUT2D eigenvalue weighted by Crippen LogP contribution is 2.37. The number of furan rings is 1. The molecule has 3 heterocycles. The lowest BCUT2D eigenvalue weighted by atomic mass is 9.93. The van der Waals surface area contributed by atoms with E-state index in [4.69, 9.17) is 4.42 Å². The summed E-state index contributed by atoms with van der Waals surface area (Å²) in [5.74, 6) is 1.18. The lowest BCUT2D eigenvalue weighted by molar-refractivity contribution is 0.185. The van der Waals surface area contributed by atoms with Crippen LogP contribution in [0.2, 0.25) is 0 Å². The normalized spacial score (nSPS) is 24.0. The van der Waals surface area contributed by atoms with Crippen molar-refractivity contribution >= 4 is 10.0 Å². The second-order valence-corrected chi connectivity index (χ2v) is 7.36. The fourth-order valence-electron chi connectivity index (χ4n) is 2.78. The molecule has 2 atom stereocenters. The Balaban J connectivity index is 1.99. The Morgan fingerprint density at radius 2 is 2.19 bits per heavy atom. The predicted molar refractivity (Wildman–Crippen MR) is 78.0 cm³/mol. The minimum Gasteiger partial charge on any atom is -0.468 e. The van der Waals surface area contributed by atoms with Gasteiger partial charge in [0.15, 0.2) is 0 Å². The van der Waals surface area contributed by atoms with E-state index in [1.165, 1.54) is 6.20 Å². The van der Waals surface area contributed by atoms with Gasteiger partial charge in [-0.05, 0) is 43.0 Å². The van der Waals surface area contributed by atoms with Crippen LogP contribution in [0.3, 0.4) is 0 Å². The Morgan fingerprint density at radius 3 is 2.86 bits per heavy atom. The molecule has 0 amide bonds. The van der Waals surface area contributed by atoms with Gasteiger partial charge < -0.3 is 4.42 Å². The van der Waals surface area contributed by atoms with Crippen LogP contribution in [-0.2, 0) is 10.0 Å². The summed E-state index contributed by atoms with van der Waals surface area (Å²) in [6.07, 6.45) is 6.18. The largest absolute Gasteiger partial charge is 0.468 e. The van der Waals surface area contributed by atoms with Crippen molar-refractivity contribution in [3.05, 3.63) is 48.7 Å². The number of nitrogens with zero attached hydrogens (tertiary/aromatic N) is 2. The molecule has 0 aromatic carbocycles. The van der Waals surface area contributed by atoms with Gasteiger partial charge in [-0.15, -0.1) is 0 Å². The number of hydrogen-bond donors (Lipinski definition) is 0. The van der Waals surface area contributed by atoms with Gasteiger partial charge in [0.2, 0.25) is 10.0 Å². The topological polar surface area (TPSA) is 63.4 Å². The maximum Gasteiger partial charge on any atom is 0.245 e. The van der Waals surface area contributed by atoms with Gasteiger partial charge in [-0.1, -0.05) is 6.92 Å². The molecule has 1 aliphatic rings. The van der Waals surface area contributed by atoms with E-state index in [0.717, 1.165) is 12.8 Å². The zero-order chi connectivity index (χ0) is 14.9. The first-order valence-corrected chi connectivity index (χ1v) is 8.48. The smallest absolute Gasteiger partial charge is 0.245 e. The third-order valence-electron chi connectivity index (χ3n) is 3.93. The summed E-state index contributed by atoms with van der Waals surface area (Å²) in [5, 5.41) is 0. The molecule has 1 fully saturated rings. The maximum absolute atomic E-state index is 12.8. The van der Waals surface area contributed by atoms with Gasteiger partial charge >= 0.3 is 0 Å². The zero-order valence-electron chi connectivity index (χ0n) is 11.8. The molecule has 0 aliphatic carbocycles. The van der Waals surface area contributed by atoms with Crippen molar-refractivity contribution in [2.45, 2.75) is 30.7 Å². The van der Waals surface area contributed by atoms with Gasteiger partial charge in [0.25, 0.3) is 0 Å². The van der Waals surface area contributed by atoms with Crippen molar-refractivity contribution in [3.8, 4) is 0 Å². The Kier molecular flexibility index (Phi) is 3.82. The van der Waals surface area contributed by atoms with Crippen molar-refractivity contribution in [1.82, 2.24) is 9.29 Å². The molecule has 0 saturated carbocycles. The Morgan fingerprint density at radius 1 is 1.33 bits per heavy atom. The molecule has 6 heteroatoms. The number of piperidine rings is 1. The highest BCUT2D eigenvalue weighted by atomic mass is 32.2. The molecule has 0 radical (unpaired) electrons. The van der Waals surface area contributed by atoms with Crippen LogP contribution in [0.1, 0.15) is 31.6 Å². The summed E-state index contributed by atoms with van der Waals surface area (Å²) in [7, 11) is -3.55. The lowest BCUT2D eigenvalue weighted by Crippen LogP contribution is -2.40. The van der Waals surface area contributed by atoms with Crippen LogP contribution in [0.25, 0.3) is 0 Å². The molecule has 112 valence electrons. The number of hydrogen-bond acceptors (Lipinski definition) is 4. The van der Waals surface area contributed by atoms with Crippen molar-refractivity contribution in [3.63, 3.8) is 0 Å². The van der Waals surface area contributed by atoms with Gasteiger partial charge in [0.05, 0.1) is 12.3 Å². The summed E-state index contributed by atoms with van der Waals surface area (Å²) >= 11 is 0. The predicted octanol–water partition coefficient (Wildman–Crippen LogP) is 2.84. The molecule has 0 spiro atoms. The van der Waals surface area contributed by atoms with E-state index in [2.05, 4.69) is 11.9 Å². The Labute approximate surface area is 124 Å². The first-order chi connectivity index (χ1) is 10.1. The summed E-state index contributed by atoms with van der Waals surface area (Å²) in [6, 6.07) is 6.62. The van der Waals surface area contributed by atoms with Gasteiger partial charge in [0, 0.05) is 18.9 Å². The average molecular weight is 306 g/mol. The minimum atomic E-state index is -3.55. The fraction of sp³-hybridized carbons (Fsp3) is 0.400. The van der Waals surface area contributed by atoms with Crippen LogP contribution in [0.4, 0.5) is 0 Å². The molecular weight excluding hydrogens is 288 g/mol. The van der Waals surface area contributed by atoms with Gasteiger partial charge in [-0.25, -0.2) is 8.42 Å². The molecule has 0 N–H and O–H groups in total. The molecule has 3 rings (SSSR count). The summed E-state index contributed by atoms with van der Waals surface area (Å²) in [4.78, 5) is 4.15. The van der Waals surface area contributed by atoms with Crippen molar-refractivity contribution in [1.29, 1.82) is 0 Å². The highest BCUT2D eigenvalue weighted by Gasteiger charge is 2.37. The van der Waals surface area contributed by atoms with E-state index in [0.29, 0.717) is 18.2 Å². The first-order valence-electron chi connectivity index (χ1n) is 7.04. The minimum absolute atomic E-state index is 0.233. The fourth-order valence-corrected chi connectivity index (χ4v) is 4.37. The molecule has 21 heavy (non-hydrogen) atoms. The number of pyridine rings is 1. The quantitative estimate of drug-likeness (QED) is 0.874. The van der Waals surface area contributed by atoms with Crippen LogP contribution in [0.15, 0.2) is 52.2 Å². The van der Waals surface area contributed by atoms with Crippen LogP contribution >= 0.6 is 0 Å². The van der Waals surface area contributed by atoms with E-state index in [-0.39, 0.29) is 10.9 Å². The number of sulfonamides is 1. The first kappa shape index (κ1) is 14.3. The standard InChI is InChI=1S/C15H18N2O3S/c1-12-6-8-17(14(10-12)15-5-3-9-20-15)21(18,19)13-4-2-7-16-11-13/h2-5,7,9,11-12,14H,6,8,10H2,1H3/t12-,14-/m0/s1. The maximum atomic E-state index is 12.8. The van der Waals surface area contributed by atoms with E-state index in [1.807, 2.05) is 6.07 Å². The zero-order valence-corrected chi connectivity index (χ0v) is 12.7. The summed E-state index contributed by atoms with van der Waals surface area (Å²) < 4.78 is 32.7. The molecule has 2 aromatic rings. The van der Waals surface area contributed by atoms with E-state index >= 15 is 0 Å². The third-order valence-corrected chi connectivity index (χ3v) is 5.82. The molecule has 5 nitrogen and oxygen atoms in total. The van der Waals surface area contributed by atoms with E-state index in [9.17, 15) is 8.42 Å². The van der Waals surface area contributed by atoms with Crippen molar-refractivity contribution in [2.24, 2.45) is 5.92 Å². The number of aromatic nitrogens is 1. The second-order valence-electron chi connectivity index (χ2n) is 5.47. The molecule has 1 aliphatic heterocycles. The van der Waals surface area contributed by atoms with Crippen LogP contribution < -0.4 is 0 Å². The lowest BCUT2D eigenvalue weighted by Gasteiger charge is -2.36. The van der Waals surface area contributed by atoms with Gasteiger partial charge in [-0.2, -0.15) is 4.31 Å². The third kappa shape index (κ3) is 2.73. The highest BCUT2D eigenvalue weighted by molar-refractivity contribution is 7.89. The molecule has 2 aromatic heterocycles. The van der Waals surface area contributed by atoms with Crippen molar-refractivity contribution < 1.29 is 12.8 Å². The van der Waals surface area contributed by atoms with Crippen LogP contribution in [0.5, 0.6) is 0 Å². The average Bonchev–Trinajstić information content (AvgIpc) is 3.02. The van der Waals surface area contributed by atoms with E-state index in [1.54, 1.807) is 35.0 Å². The molecule has 1 saturated heterocycles. The Hall–Kier alpha value is -1.66. The SMILES string of the molecule is C[C@H]1CCN(S(=O)(=O)c2cccnc2)[C@H](c2ccco2)C1. The monoisotopic (exact) mass is 306 g/mol. The number of rotatable bonds is 3. The van der Waals surface area contributed by atoms with Crippen LogP contribution in [-0.4, -0.2) is 24.3 Å². The van der Waals surface area contributed by atoms with E-state index < -0.39 is 10.0 Å². The van der Waals surface area contributed by atoms with Crippen molar-refractivity contribution in [2.75, 3.05) is 6.54 Å². The van der Waals surface area contributed by atoms with Gasteiger partial charge in [0.1, 0.15) is 10.7 Å². The molecule has 0 unspecified atom stereocenters.